The summed E-state index contributed by atoms with van der Waals surface area (Å²) in [6.07, 6.45) is 60.9. The maximum Gasteiger partial charge on any atom is 0.472 e. The molecule has 0 saturated heterocycles. The van der Waals surface area contributed by atoms with Crippen LogP contribution < -0.4 is 0 Å². The summed E-state index contributed by atoms with van der Waals surface area (Å²) in [7, 11) is -9.92. The summed E-state index contributed by atoms with van der Waals surface area (Å²) < 4.78 is 68.8. The van der Waals surface area contributed by atoms with Crippen LogP contribution in [0.4, 0.5) is 0 Å². The zero-order valence-electron chi connectivity index (χ0n) is 66.4. The fourth-order valence-electron chi connectivity index (χ4n) is 12.6. The molecule has 0 saturated carbocycles. The number of aliphatic hydroxyl groups excluding tert-OH is 1. The van der Waals surface area contributed by atoms with Crippen LogP contribution in [0.2, 0.25) is 0 Å². The van der Waals surface area contributed by atoms with Gasteiger partial charge in [0.15, 0.2) is 12.2 Å². The van der Waals surface area contributed by atoms with Crippen LogP contribution in [0, 0.1) is 17.8 Å². The van der Waals surface area contributed by atoms with Gasteiger partial charge in [0.2, 0.25) is 0 Å². The van der Waals surface area contributed by atoms with E-state index in [2.05, 4.69) is 48.5 Å². The first-order chi connectivity index (χ1) is 48.8. The molecule has 0 fully saturated rings. The summed E-state index contributed by atoms with van der Waals surface area (Å²) in [5, 5.41) is 10.7. The predicted octanol–water partition coefficient (Wildman–Crippen LogP) is 24.5. The zero-order chi connectivity index (χ0) is 74.4. The van der Waals surface area contributed by atoms with Crippen molar-refractivity contribution in [3.63, 3.8) is 0 Å². The third-order valence-electron chi connectivity index (χ3n) is 19.9. The lowest BCUT2D eigenvalue weighted by atomic mass is 9.99. The van der Waals surface area contributed by atoms with E-state index in [-0.39, 0.29) is 25.7 Å². The summed E-state index contributed by atoms with van der Waals surface area (Å²) >= 11 is 0. The maximum absolute atomic E-state index is 13.1. The first kappa shape index (κ1) is 99.1. The highest BCUT2D eigenvalue weighted by atomic mass is 31.2. The number of phosphoric ester groups is 2. The molecule has 0 aromatic heterocycles. The van der Waals surface area contributed by atoms with Gasteiger partial charge in [0.25, 0.3) is 0 Å². The lowest BCUT2D eigenvalue weighted by Crippen LogP contribution is -2.30. The van der Waals surface area contributed by atoms with Crippen LogP contribution in [-0.4, -0.2) is 96.7 Å². The van der Waals surface area contributed by atoms with E-state index in [1.54, 1.807) is 0 Å². The second kappa shape index (κ2) is 72.3. The number of hydrogen-bond acceptors (Lipinski definition) is 15. The van der Waals surface area contributed by atoms with Crippen LogP contribution in [-0.2, 0) is 65.4 Å². The Kier molecular flexibility index (Phi) is 70.9. The number of rotatable bonds is 80. The molecule has 0 bridgehead atoms. The molecular weight excluding hydrogens is 1320 g/mol. The van der Waals surface area contributed by atoms with Crippen molar-refractivity contribution in [3.05, 3.63) is 0 Å². The molecule has 0 aliphatic heterocycles. The van der Waals surface area contributed by atoms with Crippen molar-refractivity contribution in [2.24, 2.45) is 17.8 Å². The molecule has 19 heteroatoms. The number of carbonyl (C=O) groups excluding carboxylic acids is 4. The van der Waals surface area contributed by atoms with Gasteiger partial charge in [-0.2, -0.15) is 0 Å². The summed E-state index contributed by atoms with van der Waals surface area (Å²) in [5.41, 5.74) is 0. The molecule has 600 valence electrons. The van der Waals surface area contributed by atoms with Crippen molar-refractivity contribution in [1.29, 1.82) is 0 Å². The Balaban J connectivity index is 5.25. The number of aliphatic hydroxyl groups is 1. The summed E-state index contributed by atoms with van der Waals surface area (Å²) in [6, 6.07) is 0. The number of ether oxygens (including phenoxy) is 4. The van der Waals surface area contributed by atoms with Crippen LogP contribution in [0.3, 0.4) is 0 Å². The Bertz CT molecular complexity index is 1960. The predicted molar refractivity (Wildman–Crippen MR) is 414 cm³/mol. The van der Waals surface area contributed by atoms with Gasteiger partial charge in [0, 0.05) is 25.7 Å². The average Bonchev–Trinajstić information content (AvgIpc) is 0.934. The van der Waals surface area contributed by atoms with E-state index in [4.69, 9.17) is 37.0 Å². The molecule has 0 aliphatic rings. The molecule has 101 heavy (non-hydrogen) atoms. The normalized spacial score (nSPS) is 14.5. The largest absolute Gasteiger partial charge is 0.472 e. The SMILES string of the molecule is CCCCCCCCCCCCCCCCCCC(=O)O[C@H](COC(=O)CCCCCCCCC(C)CC)COP(=O)(O)OC[C@H](O)COP(=O)(O)OC[C@@H](COC(=O)CCCCCCCCCCCCCCCCC(C)C)OC(=O)CCCCCCCCCCCCCCCCC(C)CC. The van der Waals surface area contributed by atoms with E-state index in [9.17, 15) is 43.2 Å². The van der Waals surface area contributed by atoms with Gasteiger partial charge >= 0.3 is 39.5 Å². The minimum absolute atomic E-state index is 0.107. The first-order valence-corrected chi connectivity index (χ1v) is 45.4. The zero-order valence-corrected chi connectivity index (χ0v) is 68.2. The lowest BCUT2D eigenvalue weighted by Gasteiger charge is -2.21. The minimum Gasteiger partial charge on any atom is -0.462 e. The van der Waals surface area contributed by atoms with Crippen molar-refractivity contribution in [2.75, 3.05) is 39.6 Å². The van der Waals surface area contributed by atoms with Gasteiger partial charge in [-0.3, -0.25) is 37.3 Å². The Labute approximate surface area is 619 Å². The molecule has 3 N–H and O–H groups in total. The van der Waals surface area contributed by atoms with E-state index in [0.29, 0.717) is 25.7 Å². The molecule has 0 amide bonds. The summed E-state index contributed by atoms with van der Waals surface area (Å²) in [6.45, 7) is 12.0. The van der Waals surface area contributed by atoms with Gasteiger partial charge in [0.1, 0.15) is 19.3 Å². The number of esters is 4. The number of unbranched alkanes of at least 4 members (excludes halogenated alkanes) is 46. The monoisotopic (exact) mass is 1480 g/mol. The maximum atomic E-state index is 13.1. The van der Waals surface area contributed by atoms with E-state index in [1.165, 1.54) is 231 Å². The first-order valence-electron chi connectivity index (χ1n) is 42.4. The van der Waals surface area contributed by atoms with Crippen LogP contribution in [0.5, 0.6) is 0 Å². The number of phosphoric acid groups is 2. The van der Waals surface area contributed by atoms with Gasteiger partial charge in [-0.25, -0.2) is 9.13 Å². The number of hydrogen-bond donors (Lipinski definition) is 3. The standard InChI is InChI=1S/C82H160O17P2/c1-8-11-12-13-14-15-16-17-18-19-27-32-37-42-51-58-66-82(87)99-78(70-93-80(85)64-57-50-45-44-48-55-62-75(7)10-3)72-97-101(90,91)95-68-76(83)67-94-100(88,89)96-71-77(69-92-79(84)63-56-49-41-36-31-26-22-20-24-29-34-39-46-53-60-73(4)5)98-81(86)65-59-52-43-38-33-28-23-21-25-30-35-40-47-54-61-74(6)9-2/h73-78,83H,8-72H2,1-7H3,(H,88,89)(H,90,91)/t74?,75?,76-,77-,78-/m1/s1. The average molecular weight is 1480 g/mol. The third-order valence-corrected chi connectivity index (χ3v) is 21.8. The molecular formula is C82H160O17P2. The van der Waals surface area contributed by atoms with Gasteiger partial charge in [-0.05, 0) is 43.4 Å². The fraction of sp³-hybridized carbons (Fsp3) is 0.951. The molecule has 0 heterocycles. The topological polar surface area (TPSA) is 237 Å². The second-order valence-electron chi connectivity index (χ2n) is 30.5. The van der Waals surface area contributed by atoms with Crippen molar-refractivity contribution in [2.45, 2.75) is 446 Å². The van der Waals surface area contributed by atoms with Crippen LogP contribution >= 0.6 is 15.6 Å². The van der Waals surface area contributed by atoms with Gasteiger partial charge in [-0.1, -0.05) is 376 Å². The quantitative estimate of drug-likeness (QED) is 0.0222. The lowest BCUT2D eigenvalue weighted by molar-refractivity contribution is -0.161. The van der Waals surface area contributed by atoms with E-state index in [1.807, 2.05) is 0 Å². The molecule has 0 aromatic carbocycles. The molecule has 7 atom stereocenters. The highest BCUT2D eigenvalue weighted by Gasteiger charge is 2.30. The highest BCUT2D eigenvalue weighted by Crippen LogP contribution is 2.45. The smallest absolute Gasteiger partial charge is 0.462 e. The Morgan fingerprint density at radius 3 is 0.752 bits per heavy atom. The van der Waals surface area contributed by atoms with Crippen LogP contribution in [0.1, 0.15) is 427 Å². The van der Waals surface area contributed by atoms with E-state index < -0.39 is 97.5 Å². The fourth-order valence-corrected chi connectivity index (χ4v) is 14.2. The van der Waals surface area contributed by atoms with Crippen molar-refractivity contribution in [3.8, 4) is 0 Å². The van der Waals surface area contributed by atoms with Crippen LogP contribution in [0.25, 0.3) is 0 Å². The van der Waals surface area contributed by atoms with Gasteiger partial charge < -0.3 is 33.8 Å². The highest BCUT2D eigenvalue weighted by molar-refractivity contribution is 7.47. The molecule has 0 rings (SSSR count). The van der Waals surface area contributed by atoms with Crippen LogP contribution in [0.15, 0.2) is 0 Å². The Morgan fingerprint density at radius 2 is 0.505 bits per heavy atom. The molecule has 0 radical (unpaired) electrons. The van der Waals surface area contributed by atoms with Gasteiger partial charge in [-0.15, -0.1) is 0 Å². The van der Waals surface area contributed by atoms with E-state index in [0.717, 1.165) is 114 Å². The van der Waals surface area contributed by atoms with Crippen molar-refractivity contribution < 1.29 is 80.2 Å². The molecule has 0 aromatic rings. The number of carbonyl (C=O) groups is 4. The Hall–Kier alpha value is -1.94. The van der Waals surface area contributed by atoms with Crippen molar-refractivity contribution in [1.82, 2.24) is 0 Å². The summed E-state index contributed by atoms with van der Waals surface area (Å²) in [4.78, 5) is 73.1. The molecule has 4 unspecified atom stereocenters. The third kappa shape index (κ3) is 73.4. The minimum atomic E-state index is -4.96. The Morgan fingerprint density at radius 1 is 0.287 bits per heavy atom. The van der Waals surface area contributed by atoms with Gasteiger partial charge in [0.05, 0.1) is 26.4 Å². The molecule has 17 nitrogen and oxygen atoms in total. The molecule has 0 spiro atoms. The molecule has 0 aliphatic carbocycles. The van der Waals surface area contributed by atoms with Crippen molar-refractivity contribution >= 4 is 39.5 Å². The summed E-state index contributed by atoms with van der Waals surface area (Å²) in [5.74, 6) is 0.267. The second-order valence-corrected chi connectivity index (χ2v) is 33.4. The van der Waals surface area contributed by atoms with E-state index >= 15 is 0 Å².